The zero-order valence-corrected chi connectivity index (χ0v) is 8.83. The fourth-order valence-electron chi connectivity index (χ4n) is 0.925. The first-order valence-corrected chi connectivity index (χ1v) is 5.43. The van der Waals surface area contributed by atoms with Crippen LogP contribution in [0.1, 0.15) is 28.0 Å². The van der Waals surface area contributed by atoms with Crippen LogP contribution >= 0.6 is 22.9 Å². The number of aliphatic hydroxyl groups is 2. The van der Waals surface area contributed by atoms with Crippen LogP contribution in [-0.2, 0) is 0 Å². The number of carbonyl (C=O) groups excluding carboxylic acids is 1. The van der Waals surface area contributed by atoms with Crippen LogP contribution in [-0.4, -0.2) is 33.5 Å². The third kappa shape index (κ3) is 2.75. The van der Waals surface area contributed by atoms with Gasteiger partial charge >= 0.3 is 0 Å². The molecule has 1 aromatic rings. The van der Waals surface area contributed by atoms with Gasteiger partial charge < -0.3 is 10.2 Å². The minimum absolute atomic E-state index is 0.266. The van der Waals surface area contributed by atoms with Crippen LogP contribution in [0.2, 0.25) is 0 Å². The summed E-state index contributed by atoms with van der Waals surface area (Å²) >= 11 is 6.56. The number of alkyl halides is 1. The van der Waals surface area contributed by atoms with Gasteiger partial charge in [-0.05, 0) is 6.42 Å². The lowest BCUT2D eigenvalue weighted by Gasteiger charge is -2.13. The molecule has 14 heavy (non-hydrogen) atoms. The molecule has 0 spiro atoms. The molecule has 0 bridgehead atoms. The second-order valence-corrected chi connectivity index (χ2v) is 3.99. The number of hydrogen-bond donors (Lipinski definition) is 2. The minimum atomic E-state index is -1.06. The average molecular weight is 236 g/mol. The first-order chi connectivity index (χ1) is 6.69. The summed E-state index contributed by atoms with van der Waals surface area (Å²) in [6.07, 6.45) is -1.11. The van der Waals surface area contributed by atoms with Gasteiger partial charge in [-0.25, -0.2) is 4.98 Å². The van der Waals surface area contributed by atoms with Gasteiger partial charge in [0.05, 0.1) is 6.10 Å². The van der Waals surface area contributed by atoms with Gasteiger partial charge in [-0.15, -0.1) is 22.9 Å². The van der Waals surface area contributed by atoms with E-state index >= 15 is 0 Å². The fourth-order valence-corrected chi connectivity index (χ4v) is 1.95. The van der Waals surface area contributed by atoms with Crippen LogP contribution in [0.4, 0.5) is 0 Å². The maximum atomic E-state index is 10.3. The number of hydrogen-bond acceptors (Lipinski definition) is 5. The smallest absolute Gasteiger partial charge is 0.169 e. The van der Waals surface area contributed by atoms with E-state index in [1.54, 1.807) is 0 Å². The van der Waals surface area contributed by atoms with Crippen molar-refractivity contribution in [1.29, 1.82) is 0 Å². The molecule has 2 N–H and O–H groups in total. The third-order valence-electron chi connectivity index (χ3n) is 1.68. The van der Waals surface area contributed by atoms with E-state index in [1.807, 2.05) is 0 Å². The highest BCUT2D eigenvalue weighted by molar-refractivity contribution is 7.09. The molecule has 0 amide bonds. The summed E-state index contributed by atoms with van der Waals surface area (Å²) < 4.78 is 0. The van der Waals surface area contributed by atoms with Gasteiger partial charge in [0.2, 0.25) is 0 Å². The molecule has 0 aliphatic carbocycles. The Balaban J connectivity index is 2.67. The van der Waals surface area contributed by atoms with Crippen molar-refractivity contribution in [2.24, 2.45) is 0 Å². The van der Waals surface area contributed by atoms with Crippen molar-refractivity contribution in [3.05, 3.63) is 16.1 Å². The summed E-state index contributed by atoms with van der Waals surface area (Å²) in [6.45, 7) is 0. The number of halogens is 1. The number of thiazole rings is 1. The highest BCUT2D eigenvalue weighted by Gasteiger charge is 2.20. The fraction of sp³-hybridized carbons (Fsp3) is 0.500. The van der Waals surface area contributed by atoms with Crippen molar-refractivity contribution in [2.45, 2.75) is 18.6 Å². The summed E-state index contributed by atoms with van der Waals surface area (Å²) in [4.78, 5) is 14.1. The molecule has 1 rings (SSSR count). The molecule has 0 saturated carbocycles. The Kier molecular flexibility index (Phi) is 4.47. The van der Waals surface area contributed by atoms with Crippen molar-refractivity contribution in [1.82, 2.24) is 4.98 Å². The van der Waals surface area contributed by atoms with E-state index in [0.717, 1.165) is 11.3 Å². The van der Waals surface area contributed by atoms with Crippen molar-refractivity contribution in [2.75, 3.05) is 5.88 Å². The molecular weight excluding hydrogens is 226 g/mol. The Morgan fingerprint density at radius 3 is 2.86 bits per heavy atom. The Morgan fingerprint density at radius 1 is 1.64 bits per heavy atom. The van der Waals surface area contributed by atoms with Crippen LogP contribution in [0.5, 0.6) is 0 Å². The molecule has 2 atom stereocenters. The van der Waals surface area contributed by atoms with Crippen LogP contribution < -0.4 is 0 Å². The van der Waals surface area contributed by atoms with Gasteiger partial charge in [0.1, 0.15) is 16.8 Å². The summed E-state index contributed by atoms with van der Waals surface area (Å²) in [5.74, 6) is 0.268. The molecule has 6 heteroatoms. The maximum absolute atomic E-state index is 10.3. The van der Waals surface area contributed by atoms with Gasteiger partial charge in [-0.1, -0.05) is 0 Å². The number of rotatable bonds is 5. The molecular formula is C8H10ClNO3S. The minimum Gasteiger partial charge on any atom is -0.390 e. The normalized spacial score (nSPS) is 15.1. The molecule has 1 heterocycles. The van der Waals surface area contributed by atoms with E-state index in [0.29, 0.717) is 17.7 Å². The maximum Gasteiger partial charge on any atom is 0.169 e. The summed E-state index contributed by atoms with van der Waals surface area (Å²) in [7, 11) is 0. The Hall–Kier alpha value is -0.490. The summed E-state index contributed by atoms with van der Waals surface area (Å²) in [5.41, 5.74) is 0.266. The Morgan fingerprint density at radius 2 is 2.36 bits per heavy atom. The van der Waals surface area contributed by atoms with Crippen molar-refractivity contribution < 1.29 is 15.0 Å². The molecule has 78 valence electrons. The zero-order valence-electron chi connectivity index (χ0n) is 7.26. The standard InChI is InChI=1S/C8H10ClNO3S/c9-2-1-6(12)7(13)8-10-5(3-11)4-14-8/h3-4,6-7,12-13H,1-2H2. The van der Waals surface area contributed by atoms with Crippen LogP contribution in [0.15, 0.2) is 5.38 Å². The van der Waals surface area contributed by atoms with Gasteiger partial charge in [0.15, 0.2) is 6.29 Å². The summed E-state index contributed by atoms with van der Waals surface area (Å²) in [6, 6.07) is 0. The first kappa shape index (κ1) is 11.6. The lowest BCUT2D eigenvalue weighted by Crippen LogP contribution is -2.18. The van der Waals surface area contributed by atoms with Gasteiger partial charge in [0, 0.05) is 11.3 Å². The largest absolute Gasteiger partial charge is 0.390 e. The number of aromatic nitrogens is 1. The quantitative estimate of drug-likeness (QED) is 0.590. The number of carbonyl (C=O) groups is 1. The van der Waals surface area contributed by atoms with E-state index in [9.17, 15) is 15.0 Å². The monoisotopic (exact) mass is 235 g/mol. The lowest BCUT2D eigenvalue weighted by atomic mass is 10.1. The Bertz CT molecular complexity index is 305. The third-order valence-corrected chi connectivity index (χ3v) is 2.83. The average Bonchev–Trinajstić information content (AvgIpc) is 2.65. The summed E-state index contributed by atoms with van der Waals surface area (Å²) in [5, 5.41) is 20.8. The van der Waals surface area contributed by atoms with Crippen molar-refractivity contribution >= 4 is 29.2 Å². The van der Waals surface area contributed by atoms with E-state index in [2.05, 4.69) is 4.98 Å². The molecule has 0 fully saturated rings. The predicted molar refractivity (Wildman–Crippen MR) is 53.8 cm³/mol. The topological polar surface area (TPSA) is 70.4 Å². The van der Waals surface area contributed by atoms with E-state index in [-0.39, 0.29) is 11.6 Å². The van der Waals surface area contributed by atoms with E-state index in [1.165, 1.54) is 5.38 Å². The number of aliphatic hydroxyl groups excluding tert-OH is 2. The molecule has 0 aliphatic rings. The van der Waals surface area contributed by atoms with Gasteiger partial charge in [-0.3, -0.25) is 4.79 Å². The molecule has 0 aromatic carbocycles. The molecule has 0 saturated heterocycles. The van der Waals surface area contributed by atoms with Crippen LogP contribution in [0.3, 0.4) is 0 Å². The molecule has 4 nitrogen and oxygen atoms in total. The molecule has 0 radical (unpaired) electrons. The van der Waals surface area contributed by atoms with Gasteiger partial charge in [-0.2, -0.15) is 0 Å². The van der Waals surface area contributed by atoms with E-state index in [4.69, 9.17) is 11.6 Å². The van der Waals surface area contributed by atoms with E-state index < -0.39 is 12.2 Å². The van der Waals surface area contributed by atoms with Crippen molar-refractivity contribution in [3.63, 3.8) is 0 Å². The SMILES string of the molecule is O=Cc1csc(C(O)C(O)CCCl)n1. The highest BCUT2D eigenvalue weighted by atomic mass is 35.5. The molecule has 2 unspecified atom stereocenters. The van der Waals surface area contributed by atoms with Gasteiger partial charge in [0.25, 0.3) is 0 Å². The lowest BCUT2D eigenvalue weighted by molar-refractivity contribution is 0.0168. The number of nitrogens with zero attached hydrogens (tertiary/aromatic N) is 1. The second kappa shape index (κ2) is 5.41. The molecule has 0 aliphatic heterocycles. The predicted octanol–water partition coefficient (Wildman–Crippen LogP) is 0.979. The zero-order chi connectivity index (χ0) is 10.6. The Labute approximate surface area is 90.2 Å². The molecule has 1 aromatic heterocycles. The first-order valence-electron chi connectivity index (χ1n) is 4.01. The number of aldehydes is 1. The van der Waals surface area contributed by atoms with Crippen LogP contribution in [0, 0.1) is 0 Å². The second-order valence-electron chi connectivity index (χ2n) is 2.72. The van der Waals surface area contributed by atoms with Crippen LogP contribution in [0.25, 0.3) is 0 Å². The van der Waals surface area contributed by atoms with Crippen molar-refractivity contribution in [3.8, 4) is 0 Å². The highest BCUT2D eigenvalue weighted by Crippen LogP contribution is 2.22.